The Morgan fingerprint density at radius 2 is 2.47 bits per heavy atom. The summed E-state index contributed by atoms with van der Waals surface area (Å²) >= 11 is 0. The lowest BCUT2D eigenvalue weighted by molar-refractivity contribution is -0.129. The largest absolute Gasteiger partial charge is 0.348 e. The highest BCUT2D eigenvalue weighted by atomic mass is 16.2. The first-order chi connectivity index (χ1) is 7.18. The number of hydrogen-bond donors (Lipinski definition) is 1. The number of amides is 1. The van der Waals surface area contributed by atoms with Crippen LogP contribution in [0.1, 0.15) is 20.3 Å². The van der Waals surface area contributed by atoms with Crippen molar-refractivity contribution in [3.05, 3.63) is 0 Å². The van der Waals surface area contributed by atoms with Crippen molar-refractivity contribution in [3.8, 4) is 0 Å². The maximum Gasteiger partial charge on any atom is 0.244 e. The van der Waals surface area contributed by atoms with Gasteiger partial charge in [-0.2, -0.15) is 5.32 Å². The van der Waals surface area contributed by atoms with Gasteiger partial charge in [-0.05, 0) is 13.3 Å². The van der Waals surface area contributed by atoms with Crippen molar-refractivity contribution < 1.29 is 4.79 Å². The lowest BCUT2D eigenvalue weighted by Crippen LogP contribution is -2.46. The number of hydrogen-bond acceptors (Lipinski definition) is 4. The summed E-state index contributed by atoms with van der Waals surface area (Å²) in [5.74, 6) is 0.658. The van der Waals surface area contributed by atoms with Crippen LogP contribution in [-0.4, -0.2) is 41.7 Å². The molecule has 2 rings (SSSR count). The van der Waals surface area contributed by atoms with Gasteiger partial charge in [0.1, 0.15) is 6.34 Å². The van der Waals surface area contributed by atoms with Gasteiger partial charge < -0.3 is 10.2 Å². The van der Waals surface area contributed by atoms with E-state index in [1.54, 1.807) is 6.92 Å². The lowest BCUT2D eigenvalue weighted by Gasteiger charge is -2.23. The molecular formula is C9H14N5O. The fourth-order valence-electron chi connectivity index (χ4n) is 2.00. The third-order valence-electron chi connectivity index (χ3n) is 2.86. The summed E-state index contributed by atoms with van der Waals surface area (Å²) in [5, 5.41) is 14.6. The number of nitrogens with one attached hydrogen (secondary N) is 1. The van der Waals surface area contributed by atoms with Crippen LogP contribution in [0.2, 0.25) is 0 Å². The third-order valence-corrected chi connectivity index (χ3v) is 2.86. The third kappa shape index (κ3) is 1.93. The van der Waals surface area contributed by atoms with Gasteiger partial charge >= 0.3 is 0 Å². The number of carbonyl (C=O) groups is 1. The van der Waals surface area contributed by atoms with Crippen LogP contribution >= 0.6 is 0 Å². The smallest absolute Gasteiger partial charge is 0.244 e. The van der Waals surface area contributed by atoms with E-state index in [2.05, 4.69) is 20.8 Å². The molecule has 0 aliphatic carbocycles. The zero-order valence-electron chi connectivity index (χ0n) is 8.84. The normalized spacial score (nSPS) is 28.9. The summed E-state index contributed by atoms with van der Waals surface area (Å²) in [7, 11) is 0. The van der Waals surface area contributed by atoms with Gasteiger partial charge in [0, 0.05) is 19.5 Å². The first-order valence-electron chi connectivity index (χ1n) is 5.02. The minimum absolute atomic E-state index is 0.119. The molecule has 81 valence electrons. The number of nitrogens with zero attached hydrogens (tertiary/aromatic N) is 4. The molecule has 0 spiro atoms. The Morgan fingerprint density at radius 3 is 3.00 bits per heavy atom. The average molecular weight is 208 g/mol. The van der Waals surface area contributed by atoms with Gasteiger partial charge in [0.05, 0.1) is 6.04 Å². The van der Waals surface area contributed by atoms with E-state index in [0.717, 1.165) is 13.0 Å². The fourth-order valence-corrected chi connectivity index (χ4v) is 2.00. The molecule has 2 atom stereocenters. The molecule has 2 unspecified atom stereocenters. The molecule has 2 aliphatic heterocycles. The van der Waals surface area contributed by atoms with Gasteiger partial charge in [-0.25, -0.2) is 0 Å². The Bertz CT molecular complexity index is 324. The quantitative estimate of drug-likeness (QED) is 0.631. The van der Waals surface area contributed by atoms with E-state index < -0.39 is 0 Å². The summed E-state index contributed by atoms with van der Waals surface area (Å²) < 4.78 is 0. The highest BCUT2D eigenvalue weighted by molar-refractivity contribution is 5.92. The zero-order chi connectivity index (χ0) is 10.8. The van der Waals surface area contributed by atoms with Crippen molar-refractivity contribution in [2.75, 3.05) is 6.54 Å². The van der Waals surface area contributed by atoms with E-state index in [-0.39, 0.29) is 18.0 Å². The van der Waals surface area contributed by atoms with E-state index in [1.165, 1.54) is 6.34 Å². The molecule has 15 heavy (non-hydrogen) atoms. The van der Waals surface area contributed by atoms with E-state index in [9.17, 15) is 4.79 Å². The molecule has 1 fully saturated rings. The Balaban J connectivity index is 1.92. The molecule has 6 heteroatoms. The van der Waals surface area contributed by atoms with Crippen LogP contribution in [0.3, 0.4) is 0 Å². The first kappa shape index (κ1) is 9.95. The van der Waals surface area contributed by atoms with Crippen LogP contribution in [0.15, 0.2) is 10.2 Å². The zero-order valence-corrected chi connectivity index (χ0v) is 8.84. The molecule has 0 saturated carbocycles. The maximum absolute atomic E-state index is 11.3. The van der Waals surface area contributed by atoms with Crippen LogP contribution in [0.5, 0.6) is 0 Å². The molecule has 0 aromatic rings. The second kappa shape index (κ2) is 3.88. The molecular weight excluding hydrogens is 194 g/mol. The summed E-state index contributed by atoms with van der Waals surface area (Å²) in [4.78, 5) is 13.1. The second-order valence-corrected chi connectivity index (χ2v) is 3.78. The molecule has 2 heterocycles. The molecule has 0 bridgehead atoms. The van der Waals surface area contributed by atoms with Gasteiger partial charge in [0.25, 0.3) is 0 Å². The molecule has 0 aromatic carbocycles. The monoisotopic (exact) mass is 208 g/mol. The van der Waals surface area contributed by atoms with Crippen LogP contribution in [0.4, 0.5) is 0 Å². The molecule has 0 aromatic heterocycles. The van der Waals surface area contributed by atoms with Crippen molar-refractivity contribution >= 4 is 18.2 Å². The van der Waals surface area contributed by atoms with E-state index >= 15 is 0 Å². The average Bonchev–Trinajstić information content (AvgIpc) is 2.78. The van der Waals surface area contributed by atoms with Crippen molar-refractivity contribution in [2.45, 2.75) is 32.4 Å². The van der Waals surface area contributed by atoms with Crippen molar-refractivity contribution in [1.29, 1.82) is 0 Å². The van der Waals surface area contributed by atoms with Crippen LogP contribution in [0, 0.1) is 0 Å². The Morgan fingerprint density at radius 1 is 1.67 bits per heavy atom. The standard InChI is InChI=1S/C9H14N5O/c1-6-8(3-4-14(6)7(2)15)12-9-10-5-11-13-9/h5-6,8H,3-4H2,1-2H3,(H,12,13). The minimum Gasteiger partial charge on any atom is -0.348 e. The lowest BCUT2D eigenvalue weighted by atomic mass is 10.1. The predicted octanol–water partition coefficient (Wildman–Crippen LogP) is -0.497. The highest BCUT2D eigenvalue weighted by Gasteiger charge is 2.33. The van der Waals surface area contributed by atoms with E-state index in [1.807, 2.05) is 11.8 Å². The van der Waals surface area contributed by atoms with Crippen molar-refractivity contribution in [3.63, 3.8) is 0 Å². The molecule has 1 N–H and O–H groups in total. The highest BCUT2D eigenvalue weighted by Crippen LogP contribution is 2.17. The number of guanidine groups is 1. The predicted molar refractivity (Wildman–Crippen MR) is 56.5 cm³/mol. The van der Waals surface area contributed by atoms with Crippen molar-refractivity contribution in [1.82, 2.24) is 15.5 Å². The Hall–Kier alpha value is -1.59. The van der Waals surface area contributed by atoms with E-state index in [4.69, 9.17) is 0 Å². The second-order valence-electron chi connectivity index (χ2n) is 3.78. The topological polar surface area (TPSA) is 71.2 Å². The summed E-state index contributed by atoms with van der Waals surface area (Å²) in [6.07, 6.45) is 2.33. The van der Waals surface area contributed by atoms with Crippen molar-refractivity contribution in [2.24, 2.45) is 10.2 Å². The van der Waals surface area contributed by atoms with Gasteiger partial charge in [-0.15, -0.1) is 10.2 Å². The Labute approximate surface area is 88.4 Å². The summed E-state index contributed by atoms with van der Waals surface area (Å²) in [6.45, 7) is 4.42. The van der Waals surface area contributed by atoms with Gasteiger partial charge in [0.15, 0.2) is 0 Å². The van der Waals surface area contributed by atoms with Crippen LogP contribution in [-0.2, 0) is 4.79 Å². The molecule has 6 nitrogen and oxygen atoms in total. The molecule has 2 aliphatic rings. The SMILES string of the molecule is CC(=O)N1CCC(NC2=NN=C[N]2)C1C. The minimum atomic E-state index is 0.119. The summed E-state index contributed by atoms with van der Waals surface area (Å²) in [5.41, 5.74) is 0. The molecule has 1 radical (unpaired) electrons. The van der Waals surface area contributed by atoms with Gasteiger partial charge in [-0.1, -0.05) is 0 Å². The number of carbonyl (C=O) groups excluding carboxylic acids is 1. The first-order valence-corrected chi connectivity index (χ1v) is 5.02. The van der Waals surface area contributed by atoms with E-state index in [0.29, 0.717) is 5.96 Å². The van der Waals surface area contributed by atoms with Gasteiger partial charge in [0.2, 0.25) is 11.9 Å². The fraction of sp³-hybridized carbons (Fsp3) is 0.667. The summed E-state index contributed by atoms with van der Waals surface area (Å²) in [6, 6.07) is 0.402. The van der Waals surface area contributed by atoms with Gasteiger partial charge in [-0.3, -0.25) is 4.79 Å². The van der Waals surface area contributed by atoms with Crippen LogP contribution < -0.4 is 10.6 Å². The molecule has 1 saturated heterocycles. The van der Waals surface area contributed by atoms with Crippen LogP contribution in [0.25, 0.3) is 0 Å². The maximum atomic E-state index is 11.3. The Kier molecular flexibility index (Phi) is 2.57. The number of rotatable bonds is 1. The molecule has 1 amide bonds. The number of likely N-dealkylation sites (tertiary alicyclic amines) is 1.